The van der Waals surface area contributed by atoms with E-state index in [-0.39, 0.29) is 12.0 Å². The minimum atomic E-state index is -0.448. The summed E-state index contributed by atoms with van der Waals surface area (Å²) in [5, 5.41) is 10.1. The quantitative estimate of drug-likeness (QED) is 0.810. The lowest BCUT2D eigenvalue weighted by molar-refractivity contribution is -0.127. The van der Waals surface area contributed by atoms with Gasteiger partial charge < -0.3 is 9.84 Å². The second kappa shape index (κ2) is 7.53. The number of aliphatic hydroxyl groups excluding tert-OH is 1. The first-order valence-electron chi connectivity index (χ1n) is 8.14. The molecule has 0 aromatic carbocycles. The summed E-state index contributed by atoms with van der Waals surface area (Å²) in [4.78, 5) is 14.4. The predicted octanol–water partition coefficient (Wildman–Crippen LogP) is 2.00. The van der Waals surface area contributed by atoms with Gasteiger partial charge >= 0.3 is 0 Å². The highest BCUT2D eigenvalue weighted by Gasteiger charge is 2.37. The number of β-amino-alcohol motifs (C(OH)–C–C–N with tert-alkyl or cyclic N) is 1. The van der Waals surface area contributed by atoms with E-state index in [0.717, 1.165) is 38.6 Å². The molecule has 0 bridgehead atoms. The lowest BCUT2D eigenvalue weighted by Crippen LogP contribution is -2.44. The lowest BCUT2D eigenvalue weighted by atomic mass is 9.82. The van der Waals surface area contributed by atoms with Crippen LogP contribution in [0.25, 0.3) is 0 Å². The average molecular weight is 283 g/mol. The highest BCUT2D eigenvalue weighted by Crippen LogP contribution is 2.32. The number of ketones is 1. The van der Waals surface area contributed by atoms with E-state index in [4.69, 9.17) is 4.74 Å². The molecule has 0 radical (unpaired) electrons. The molecule has 1 heterocycles. The Morgan fingerprint density at radius 2 is 2.10 bits per heavy atom. The normalized spacial score (nSPS) is 30.1. The van der Waals surface area contributed by atoms with Crippen molar-refractivity contribution in [2.45, 2.75) is 70.6 Å². The van der Waals surface area contributed by atoms with Crippen LogP contribution >= 0.6 is 0 Å². The molecule has 1 aliphatic carbocycles. The van der Waals surface area contributed by atoms with Crippen molar-refractivity contribution in [3.8, 4) is 0 Å². The summed E-state index contributed by atoms with van der Waals surface area (Å²) in [5.74, 6) is 0.658. The van der Waals surface area contributed by atoms with Gasteiger partial charge in [0.25, 0.3) is 0 Å². The number of hydrogen-bond donors (Lipinski definition) is 1. The fraction of sp³-hybridized carbons (Fsp3) is 0.938. The van der Waals surface area contributed by atoms with E-state index in [1.165, 1.54) is 6.42 Å². The van der Waals surface area contributed by atoms with Gasteiger partial charge in [-0.15, -0.1) is 0 Å². The standard InChI is InChI=1S/C16H29NO3/c1-12(2)20-11-13(18)10-17-9-5-7-15(17)14-6-3-4-8-16(14)19/h12-15,18H,3-11H2,1-2H3. The van der Waals surface area contributed by atoms with Gasteiger partial charge in [-0.2, -0.15) is 0 Å². The summed E-state index contributed by atoms with van der Waals surface area (Å²) in [5.41, 5.74) is 0. The Kier molecular flexibility index (Phi) is 6.00. The molecule has 4 heteroatoms. The molecule has 3 atom stereocenters. The molecule has 0 spiro atoms. The average Bonchev–Trinajstić information content (AvgIpc) is 2.85. The van der Waals surface area contributed by atoms with Crippen LogP contribution in [0, 0.1) is 5.92 Å². The third-order valence-electron chi connectivity index (χ3n) is 4.55. The fourth-order valence-electron chi connectivity index (χ4n) is 3.58. The number of hydrogen-bond acceptors (Lipinski definition) is 4. The summed E-state index contributed by atoms with van der Waals surface area (Å²) in [6.07, 6.45) is 6.00. The third-order valence-corrected chi connectivity index (χ3v) is 4.55. The summed E-state index contributed by atoms with van der Waals surface area (Å²) in [6.45, 7) is 5.99. The van der Waals surface area contributed by atoms with Crippen molar-refractivity contribution < 1.29 is 14.6 Å². The lowest BCUT2D eigenvalue weighted by Gasteiger charge is -2.34. The van der Waals surface area contributed by atoms with Gasteiger partial charge in [0.1, 0.15) is 5.78 Å². The second-order valence-electron chi connectivity index (χ2n) is 6.56. The molecule has 0 aromatic rings. The number of Topliss-reactive ketones (excluding diaryl/α,β-unsaturated/α-hetero) is 1. The van der Waals surface area contributed by atoms with Crippen LogP contribution in [0.4, 0.5) is 0 Å². The zero-order valence-corrected chi connectivity index (χ0v) is 12.9. The van der Waals surface area contributed by atoms with Crippen LogP contribution in [-0.4, -0.2) is 53.7 Å². The third kappa shape index (κ3) is 4.27. The van der Waals surface area contributed by atoms with Crippen molar-refractivity contribution in [2.24, 2.45) is 5.92 Å². The summed E-state index contributed by atoms with van der Waals surface area (Å²) < 4.78 is 5.47. The molecule has 2 fully saturated rings. The monoisotopic (exact) mass is 283 g/mol. The van der Waals surface area contributed by atoms with Crippen LogP contribution in [0.15, 0.2) is 0 Å². The van der Waals surface area contributed by atoms with Gasteiger partial charge in [0, 0.05) is 24.9 Å². The van der Waals surface area contributed by atoms with Crippen LogP contribution in [0.3, 0.4) is 0 Å². The first kappa shape index (κ1) is 15.9. The van der Waals surface area contributed by atoms with E-state index in [9.17, 15) is 9.90 Å². The van der Waals surface area contributed by atoms with Crippen LogP contribution in [-0.2, 0) is 9.53 Å². The smallest absolute Gasteiger partial charge is 0.137 e. The van der Waals surface area contributed by atoms with E-state index in [1.807, 2.05) is 13.8 Å². The van der Waals surface area contributed by atoms with Crippen LogP contribution in [0.1, 0.15) is 52.4 Å². The molecule has 1 saturated heterocycles. The Bertz CT molecular complexity index is 319. The second-order valence-corrected chi connectivity index (χ2v) is 6.56. The van der Waals surface area contributed by atoms with Crippen molar-refractivity contribution in [1.29, 1.82) is 0 Å². The molecule has 116 valence electrons. The SMILES string of the molecule is CC(C)OCC(O)CN1CCCC1C1CCCCC1=O. The van der Waals surface area contributed by atoms with Crippen molar-refractivity contribution in [3.63, 3.8) is 0 Å². The Balaban J connectivity index is 1.85. The molecule has 0 aromatic heterocycles. The van der Waals surface area contributed by atoms with Crippen molar-refractivity contribution in [2.75, 3.05) is 19.7 Å². The molecule has 1 aliphatic heterocycles. The van der Waals surface area contributed by atoms with Crippen LogP contribution < -0.4 is 0 Å². The topological polar surface area (TPSA) is 49.8 Å². The molecule has 0 amide bonds. The van der Waals surface area contributed by atoms with Crippen LogP contribution in [0.2, 0.25) is 0 Å². The number of nitrogens with zero attached hydrogens (tertiary/aromatic N) is 1. The van der Waals surface area contributed by atoms with E-state index in [2.05, 4.69) is 4.90 Å². The largest absolute Gasteiger partial charge is 0.389 e. The highest BCUT2D eigenvalue weighted by molar-refractivity contribution is 5.82. The molecular weight excluding hydrogens is 254 g/mol. The summed E-state index contributed by atoms with van der Waals surface area (Å²) in [7, 11) is 0. The maximum Gasteiger partial charge on any atom is 0.137 e. The van der Waals surface area contributed by atoms with Gasteiger partial charge in [-0.25, -0.2) is 0 Å². The maximum atomic E-state index is 12.1. The number of likely N-dealkylation sites (tertiary alicyclic amines) is 1. The Morgan fingerprint density at radius 3 is 2.80 bits per heavy atom. The first-order chi connectivity index (χ1) is 9.58. The molecule has 1 N–H and O–H groups in total. The van der Waals surface area contributed by atoms with Gasteiger partial charge in [0.15, 0.2) is 0 Å². The first-order valence-corrected chi connectivity index (χ1v) is 8.14. The Morgan fingerprint density at radius 1 is 1.30 bits per heavy atom. The predicted molar refractivity (Wildman–Crippen MR) is 78.7 cm³/mol. The van der Waals surface area contributed by atoms with Crippen molar-refractivity contribution in [1.82, 2.24) is 4.90 Å². The van der Waals surface area contributed by atoms with E-state index in [0.29, 0.717) is 25.0 Å². The van der Waals surface area contributed by atoms with Gasteiger partial charge in [-0.05, 0) is 46.1 Å². The van der Waals surface area contributed by atoms with Crippen molar-refractivity contribution >= 4 is 5.78 Å². The molecule has 1 saturated carbocycles. The zero-order valence-electron chi connectivity index (χ0n) is 12.9. The van der Waals surface area contributed by atoms with Crippen molar-refractivity contribution in [3.05, 3.63) is 0 Å². The number of ether oxygens (including phenoxy) is 1. The molecule has 2 aliphatic rings. The minimum Gasteiger partial charge on any atom is -0.389 e. The Hall–Kier alpha value is -0.450. The molecule has 2 rings (SSSR count). The molecule has 4 nitrogen and oxygen atoms in total. The minimum absolute atomic E-state index is 0.152. The molecule has 3 unspecified atom stereocenters. The van der Waals surface area contributed by atoms with Gasteiger partial charge in [0.05, 0.1) is 18.8 Å². The van der Waals surface area contributed by atoms with E-state index < -0.39 is 6.10 Å². The highest BCUT2D eigenvalue weighted by atomic mass is 16.5. The van der Waals surface area contributed by atoms with E-state index >= 15 is 0 Å². The van der Waals surface area contributed by atoms with Gasteiger partial charge in [-0.3, -0.25) is 9.69 Å². The number of carbonyl (C=O) groups excluding carboxylic acids is 1. The maximum absolute atomic E-state index is 12.1. The van der Waals surface area contributed by atoms with Crippen LogP contribution in [0.5, 0.6) is 0 Å². The summed E-state index contributed by atoms with van der Waals surface area (Å²) >= 11 is 0. The number of rotatable bonds is 6. The van der Waals surface area contributed by atoms with Gasteiger partial charge in [-0.1, -0.05) is 6.42 Å². The van der Waals surface area contributed by atoms with E-state index in [1.54, 1.807) is 0 Å². The van der Waals surface area contributed by atoms with Gasteiger partial charge in [0.2, 0.25) is 0 Å². The fourth-order valence-corrected chi connectivity index (χ4v) is 3.58. The summed E-state index contributed by atoms with van der Waals surface area (Å²) in [6, 6.07) is 0.358. The molecular formula is C16H29NO3. The Labute approximate surface area is 122 Å². The number of carbonyl (C=O) groups is 1. The zero-order chi connectivity index (χ0) is 14.5. The molecule has 20 heavy (non-hydrogen) atoms. The number of aliphatic hydroxyl groups is 1.